The van der Waals surface area contributed by atoms with Gasteiger partial charge in [0, 0.05) is 12.1 Å². The zero-order valence-electron chi connectivity index (χ0n) is 14.9. The SMILES string of the molecule is COc1cc(/C=C/C(=O)OCC(=O)NC2CCS(=O)(=O)C2)cc(Cl)c1OC. The molecule has 0 bridgehead atoms. The summed E-state index contributed by atoms with van der Waals surface area (Å²) in [5.41, 5.74) is 0.579. The van der Waals surface area contributed by atoms with Gasteiger partial charge in [-0.2, -0.15) is 0 Å². The van der Waals surface area contributed by atoms with E-state index in [9.17, 15) is 18.0 Å². The number of carbonyl (C=O) groups is 2. The van der Waals surface area contributed by atoms with Crippen molar-refractivity contribution in [1.29, 1.82) is 0 Å². The van der Waals surface area contributed by atoms with E-state index < -0.39 is 34.4 Å². The van der Waals surface area contributed by atoms with Crippen molar-refractivity contribution in [3.63, 3.8) is 0 Å². The molecule has 0 spiro atoms. The van der Waals surface area contributed by atoms with Crippen molar-refractivity contribution in [3.05, 3.63) is 28.8 Å². The first kappa shape index (κ1) is 21.0. The van der Waals surface area contributed by atoms with Gasteiger partial charge in [-0.05, 0) is 30.2 Å². The van der Waals surface area contributed by atoms with Crippen LogP contribution < -0.4 is 14.8 Å². The Bertz CT molecular complexity index is 851. The highest BCUT2D eigenvalue weighted by atomic mass is 35.5. The van der Waals surface area contributed by atoms with Gasteiger partial charge >= 0.3 is 5.97 Å². The van der Waals surface area contributed by atoms with Crippen LogP contribution in [0.4, 0.5) is 0 Å². The van der Waals surface area contributed by atoms with Gasteiger partial charge in [-0.15, -0.1) is 0 Å². The first-order valence-electron chi connectivity index (χ1n) is 8.00. The average molecular weight is 418 g/mol. The normalized spacial score (nSPS) is 18.3. The molecule has 0 radical (unpaired) electrons. The van der Waals surface area contributed by atoms with Crippen molar-refractivity contribution in [2.24, 2.45) is 0 Å². The molecule has 1 fully saturated rings. The fraction of sp³-hybridized carbons (Fsp3) is 0.412. The third kappa shape index (κ3) is 6.14. The van der Waals surface area contributed by atoms with Gasteiger partial charge in [0.2, 0.25) is 0 Å². The highest BCUT2D eigenvalue weighted by Gasteiger charge is 2.28. The minimum atomic E-state index is -3.09. The second-order valence-corrected chi connectivity index (χ2v) is 8.48. The molecule has 0 aromatic heterocycles. The number of carbonyl (C=O) groups excluding carboxylic acids is 2. The molecule has 0 saturated carbocycles. The molecular weight excluding hydrogens is 398 g/mol. The second-order valence-electron chi connectivity index (χ2n) is 5.85. The van der Waals surface area contributed by atoms with Crippen LogP contribution in [0.1, 0.15) is 12.0 Å². The molecule has 1 aromatic rings. The zero-order valence-corrected chi connectivity index (χ0v) is 16.4. The van der Waals surface area contributed by atoms with Gasteiger partial charge in [-0.1, -0.05) is 11.6 Å². The van der Waals surface area contributed by atoms with E-state index in [0.29, 0.717) is 28.5 Å². The van der Waals surface area contributed by atoms with Crippen molar-refractivity contribution in [2.75, 3.05) is 32.3 Å². The largest absolute Gasteiger partial charge is 0.493 e. The molecule has 27 heavy (non-hydrogen) atoms. The molecule has 1 N–H and O–H groups in total. The molecule has 1 unspecified atom stereocenters. The number of hydrogen-bond donors (Lipinski definition) is 1. The van der Waals surface area contributed by atoms with Gasteiger partial charge in [0.15, 0.2) is 27.9 Å². The summed E-state index contributed by atoms with van der Waals surface area (Å²) in [6.07, 6.45) is 2.96. The Hall–Kier alpha value is -2.26. The number of benzene rings is 1. The van der Waals surface area contributed by atoms with Crippen molar-refractivity contribution in [1.82, 2.24) is 5.32 Å². The Morgan fingerprint density at radius 2 is 2.04 bits per heavy atom. The number of hydrogen-bond acceptors (Lipinski definition) is 7. The lowest BCUT2D eigenvalue weighted by Gasteiger charge is -2.10. The summed E-state index contributed by atoms with van der Waals surface area (Å²) in [5, 5.41) is 2.85. The molecule has 1 aromatic carbocycles. The Labute approximate surface area is 162 Å². The Morgan fingerprint density at radius 3 is 2.63 bits per heavy atom. The Morgan fingerprint density at radius 1 is 1.30 bits per heavy atom. The van der Waals surface area contributed by atoms with Gasteiger partial charge < -0.3 is 19.5 Å². The second kappa shape index (κ2) is 9.09. The molecule has 2 rings (SSSR count). The molecule has 10 heteroatoms. The molecule has 0 aliphatic carbocycles. The number of ether oxygens (including phenoxy) is 3. The topological polar surface area (TPSA) is 108 Å². The molecular formula is C17H20ClNO7S. The third-order valence-electron chi connectivity index (χ3n) is 3.81. The van der Waals surface area contributed by atoms with Gasteiger partial charge in [0.1, 0.15) is 0 Å². The monoisotopic (exact) mass is 417 g/mol. The summed E-state index contributed by atoms with van der Waals surface area (Å²) in [4.78, 5) is 23.5. The van der Waals surface area contributed by atoms with Crippen LogP contribution in [0.2, 0.25) is 5.02 Å². The van der Waals surface area contributed by atoms with Crippen LogP contribution in [0.25, 0.3) is 6.08 Å². The molecule has 148 valence electrons. The highest BCUT2D eigenvalue weighted by Crippen LogP contribution is 2.36. The van der Waals surface area contributed by atoms with Crippen LogP contribution in [0.3, 0.4) is 0 Å². The van der Waals surface area contributed by atoms with Crippen molar-refractivity contribution in [3.8, 4) is 11.5 Å². The molecule has 1 aliphatic rings. The maximum atomic E-state index is 11.7. The van der Waals surface area contributed by atoms with Crippen LogP contribution in [0.5, 0.6) is 11.5 Å². The maximum absolute atomic E-state index is 11.7. The number of sulfone groups is 1. The van der Waals surface area contributed by atoms with E-state index in [-0.39, 0.29) is 11.5 Å². The number of esters is 1. The summed E-state index contributed by atoms with van der Waals surface area (Å²) >= 11 is 6.08. The van der Waals surface area contributed by atoms with E-state index in [4.69, 9.17) is 25.8 Å². The van der Waals surface area contributed by atoms with E-state index in [0.717, 1.165) is 6.08 Å². The number of amides is 1. The van der Waals surface area contributed by atoms with Crippen molar-refractivity contribution in [2.45, 2.75) is 12.5 Å². The lowest BCUT2D eigenvalue weighted by molar-refractivity contribution is -0.143. The maximum Gasteiger partial charge on any atom is 0.331 e. The van der Waals surface area contributed by atoms with Crippen LogP contribution in [0, 0.1) is 0 Å². The standard InChI is InChI=1S/C17H20ClNO7S/c1-24-14-8-11(7-13(18)17(14)25-2)3-4-16(21)26-9-15(20)19-12-5-6-27(22,23)10-12/h3-4,7-8,12H,5-6,9-10H2,1-2H3,(H,19,20)/b4-3+. The third-order valence-corrected chi connectivity index (χ3v) is 5.86. The number of nitrogens with one attached hydrogen (secondary N) is 1. The smallest absolute Gasteiger partial charge is 0.331 e. The van der Waals surface area contributed by atoms with Gasteiger partial charge in [-0.25, -0.2) is 13.2 Å². The van der Waals surface area contributed by atoms with E-state index in [1.54, 1.807) is 12.1 Å². The minimum absolute atomic E-state index is 0.0500. The number of methoxy groups -OCH3 is 2. The Balaban J connectivity index is 1.86. The number of halogens is 1. The van der Waals surface area contributed by atoms with E-state index in [1.165, 1.54) is 20.3 Å². The van der Waals surface area contributed by atoms with Gasteiger partial charge in [0.25, 0.3) is 5.91 Å². The van der Waals surface area contributed by atoms with Crippen LogP contribution in [-0.4, -0.2) is 58.7 Å². The fourth-order valence-corrected chi connectivity index (χ4v) is 4.53. The molecule has 1 saturated heterocycles. The van der Waals surface area contributed by atoms with E-state index in [1.807, 2.05) is 0 Å². The average Bonchev–Trinajstić information content (AvgIpc) is 2.95. The molecule has 1 heterocycles. The summed E-state index contributed by atoms with van der Waals surface area (Å²) in [5.74, 6) is -0.530. The summed E-state index contributed by atoms with van der Waals surface area (Å²) in [7, 11) is -0.166. The van der Waals surface area contributed by atoms with Gasteiger partial charge in [-0.3, -0.25) is 4.79 Å². The first-order valence-corrected chi connectivity index (χ1v) is 10.2. The lowest BCUT2D eigenvalue weighted by Crippen LogP contribution is -2.38. The predicted molar refractivity (Wildman–Crippen MR) is 99.8 cm³/mol. The quantitative estimate of drug-likeness (QED) is 0.524. The lowest BCUT2D eigenvalue weighted by atomic mass is 10.2. The molecule has 8 nitrogen and oxygen atoms in total. The predicted octanol–water partition coefficient (Wildman–Crippen LogP) is 1.22. The van der Waals surface area contributed by atoms with Crippen molar-refractivity contribution < 1.29 is 32.2 Å². The molecule has 1 atom stereocenters. The number of rotatable bonds is 7. The minimum Gasteiger partial charge on any atom is -0.493 e. The first-order chi connectivity index (χ1) is 12.7. The molecule has 1 aliphatic heterocycles. The summed E-state index contributed by atoms with van der Waals surface area (Å²) in [6.45, 7) is -0.494. The van der Waals surface area contributed by atoms with Crippen LogP contribution >= 0.6 is 11.6 Å². The summed E-state index contributed by atoms with van der Waals surface area (Å²) in [6, 6.07) is 2.77. The summed E-state index contributed by atoms with van der Waals surface area (Å²) < 4.78 is 37.8. The Kier molecular flexibility index (Phi) is 7.09. The highest BCUT2D eigenvalue weighted by molar-refractivity contribution is 7.91. The van der Waals surface area contributed by atoms with E-state index in [2.05, 4.69) is 5.32 Å². The van der Waals surface area contributed by atoms with Crippen molar-refractivity contribution >= 4 is 39.4 Å². The fourth-order valence-electron chi connectivity index (χ4n) is 2.56. The molecule has 1 amide bonds. The van der Waals surface area contributed by atoms with Crippen LogP contribution in [-0.2, 0) is 24.2 Å². The zero-order chi connectivity index (χ0) is 20.0. The van der Waals surface area contributed by atoms with Crippen LogP contribution in [0.15, 0.2) is 18.2 Å². The van der Waals surface area contributed by atoms with Gasteiger partial charge in [0.05, 0.1) is 30.7 Å². The van der Waals surface area contributed by atoms with E-state index >= 15 is 0 Å².